The van der Waals surface area contributed by atoms with Gasteiger partial charge in [-0.25, -0.2) is 0 Å². The van der Waals surface area contributed by atoms with Crippen LogP contribution in [-0.4, -0.2) is 33.6 Å². The Morgan fingerprint density at radius 2 is 1.89 bits per heavy atom. The van der Waals surface area contributed by atoms with Crippen LogP contribution in [0.2, 0.25) is 0 Å². The molecule has 2 atom stereocenters. The maximum atomic E-state index is 12.1. The molecule has 2 unspecified atom stereocenters. The van der Waals surface area contributed by atoms with Gasteiger partial charge in [0.05, 0.1) is 24.1 Å². The van der Waals surface area contributed by atoms with Crippen LogP contribution in [0.4, 0.5) is 0 Å². The fraction of sp³-hybridized carbons (Fsp3) is 0.500. The molecule has 100 valence electrons. The van der Waals surface area contributed by atoms with Gasteiger partial charge in [-0.3, -0.25) is 19.3 Å². The van der Waals surface area contributed by atoms with Crippen LogP contribution in [0, 0.1) is 11.8 Å². The van der Waals surface area contributed by atoms with E-state index in [0.29, 0.717) is 5.69 Å². The van der Waals surface area contributed by atoms with Crippen LogP contribution in [-0.2, 0) is 16.6 Å². The van der Waals surface area contributed by atoms with E-state index in [2.05, 4.69) is 0 Å². The molecule has 2 amide bonds. The Balaban J connectivity index is 1.77. The second-order valence-electron chi connectivity index (χ2n) is 5.33. The predicted molar refractivity (Wildman–Crippen MR) is 67.3 cm³/mol. The largest absolute Gasteiger partial charge is 0.348 e. The Kier molecular flexibility index (Phi) is 2.77. The first-order valence-electron chi connectivity index (χ1n) is 6.59. The maximum Gasteiger partial charge on any atom is 0.233 e. The third-order valence-corrected chi connectivity index (χ3v) is 4.21. The summed E-state index contributed by atoms with van der Waals surface area (Å²) >= 11 is 0. The number of likely N-dealkylation sites (tertiary alicyclic amines) is 1. The van der Waals surface area contributed by atoms with Crippen molar-refractivity contribution >= 4 is 17.6 Å². The zero-order valence-corrected chi connectivity index (χ0v) is 10.8. The van der Waals surface area contributed by atoms with Crippen molar-refractivity contribution in [3.63, 3.8) is 0 Å². The van der Waals surface area contributed by atoms with Crippen molar-refractivity contribution in [2.45, 2.75) is 19.3 Å². The van der Waals surface area contributed by atoms with Crippen molar-refractivity contribution in [1.29, 1.82) is 0 Å². The molecule has 5 heteroatoms. The number of nitrogens with zero attached hydrogens (tertiary/aromatic N) is 2. The van der Waals surface area contributed by atoms with E-state index < -0.39 is 0 Å². The molecule has 1 aromatic heterocycles. The molecular weight excluding hydrogens is 244 g/mol. The van der Waals surface area contributed by atoms with Crippen LogP contribution >= 0.6 is 0 Å². The van der Waals surface area contributed by atoms with Gasteiger partial charge in [0.25, 0.3) is 0 Å². The van der Waals surface area contributed by atoms with Crippen LogP contribution in [0.3, 0.4) is 0 Å². The molecule has 3 rings (SSSR count). The SMILES string of the molecule is Cn1cccc1C(=O)CN1C(=O)C2CCCC2C1=O. The van der Waals surface area contributed by atoms with Crippen LogP contribution in [0.25, 0.3) is 0 Å². The summed E-state index contributed by atoms with van der Waals surface area (Å²) in [4.78, 5) is 37.5. The van der Waals surface area contributed by atoms with E-state index in [-0.39, 0.29) is 36.0 Å². The molecule has 1 aliphatic carbocycles. The Labute approximate surface area is 111 Å². The molecule has 0 radical (unpaired) electrons. The molecule has 0 bridgehead atoms. The van der Waals surface area contributed by atoms with Crippen molar-refractivity contribution in [3.8, 4) is 0 Å². The number of amides is 2. The summed E-state index contributed by atoms with van der Waals surface area (Å²) < 4.78 is 1.70. The number of rotatable bonds is 3. The van der Waals surface area contributed by atoms with E-state index >= 15 is 0 Å². The highest BCUT2D eigenvalue weighted by Gasteiger charge is 2.50. The second kappa shape index (κ2) is 4.33. The average molecular weight is 260 g/mol. The molecule has 19 heavy (non-hydrogen) atoms. The van der Waals surface area contributed by atoms with Gasteiger partial charge in [0.1, 0.15) is 0 Å². The van der Waals surface area contributed by atoms with Gasteiger partial charge < -0.3 is 4.57 Å². The lowest BCUT2D eigenvalue weighted by molar-refractivity contribution is -0.139. The van der Waals surface area contributed by atoms with E-state index in [9.17, 15) is 14.4 Å². The Morgan fingerprint density at radius 3 is 2.42 bits per heavy atom. The van der Waals surface area contributed by atoms with Gasteiger partial charge in [0.15, 0.2) is 5.78 Å². The van der Waals surface area contributed by atoms with Crippen molar-refractivity contribution < 1.29 is 14.4 Å². The van der Waals surface area contributed by atoms with E-state index in [4.69, 9.17) is 0 Å². The number of aryl methyl sites for hydroxylation is 1. The topological polar surface area (TPSA) is 59.4 Å². The van der Waals surface area contributed by atoms with Crippen LogP contribution in [0.1, 0.15) is 29.8 Å². The molecule has 1 saturated carbocycles. The Bertz CT molecular complexity index is 539. The minimum atomic E-state index is -0.186. The van der Waals surface area contributed by atoms with Crippen LogP contribution in [0.5, 0.6) is 0 Å². The second-order valence-corrected chi connectivity index (χ2v) is 5.33. The molecule has 0 aromatic carbocycles. The van der Waals surface area contributed by atoms with Crippen molar-refractivity contribution in [3.05, 3.63) is 24.0 Å². The molecule has 0 N–H and O–H groups in total. The zero-order chi connectivity index (χ0) is 13.6. The zero-order valence-electron chi connectivity index (χ0n) is 10.8. The number of hydrogen-bond acceptors (Lipinski definition) is 3. The average Bonchev–Trinajstić information content (AvgIpc) is 3.05. The summed E-state index contributed by atoms with van der Waals surface area (Å²) in [5.41, 5.74) is 0.526. The first-order chi connectivity index (χ1) is 9.09. The number of carbonyl (C=O) groups is 3. The lowest BCUT2D eigenvalue weighted by atomic mass is 10.00. The number of Topliss-reactive ketones (excluding diaryl/α,β-unsaturated/α-hetero) is 1. The summed E-state index contributed by atoms with van der Waals surface area (Å²) in [6.45, 7) is -0.123. The molecule has 5 nitrogen and oxygen atoms in total. The van der Waals surface area contributed by atoms with E-state index in [0.717, 1.165) is 24.2 Å². The van der Waals surface area contributed by atoms with E-state index in [1.54, 1.807) is 29.9 Å². The number of aromatic nitrogens is 1. The van der Waals surface area contributed by atoms with Gasteiger partial charge in [0.2, 0.25) is 11.8 Å². The van der Waals surface area contributed by atoms with E-state index in [1.807, 2.05) is 0 Å². The predicted octanol–water partition coefficient (Wildman–Crippen LogP) is 0.993. The van der Waals surface area contributed by atoms with Crippen LogP contribution < -0.4 is 0 Å². The van der Waals surface area contributed by atoms with Crippen molar-refractivity contribution in [1.82, 2.24) is 9.47 Å². The van der Waals surface area contributed by atoms with Gasteiger partial charge >= 0.3 is 0 Å². The fourth-order valence-electron chi connectivity index (χ4n) is 3.19. The normalized spacial score (nSPS) is 26.1. The lowest BCUT2D eigenvalue weighted by Gasteiger charge is -2.15. The first kappa shape index (κ1) is 12.1. The summed E-state index contributed by atoms with van der Waals surface area (Å²) in [7, 11) is 1.77. The highest BCUT2D eigenvalue weighted by Crippen LogP contribution is 2.39. The molecular formula is C14H16N2O3. The summed E-state index contributed by atoms with van der Waals surface area (Å²) in [5, 5.41) is 0. The molecule has 2 fully saturated rings. The third-order valence-electron chi connectivity index (χ3n) is 4.21. The Hall–Kier alpha value is -1.91. The Morgan fingerprint density at radius 1 is 1.26 bits per heavy atom. The molecule has 0 spiro atoms. The van der Waals surface area contributed by atoms with Crippen molar-refractivity contribution in [2.24, 2.45) is 18.9 Å². The van der Waals surface area contributed by atoms with Gasteiger partial charge in [-0.05, 0) is 25.0 Å². The summed E-state index contributed by atoms with van der Waals surface area (Å²) in [5.74, 6) is -0.846. The number of imide groups is 1. The highest BCUT2D eigenvalue weighted by molar-refractivity contribution is 6.09. The molecule has 2 aliphatic rings. The van der Waals surface area contributed by atoms with Crippen molar-refractivity contribution in [2.75, 3.05) is 6.54 Å². The number of hydrogen-bond donors (Lipinski definition) is 0. The third kappa shape index (κ3) is 1.80. The maximum absolute atomic E-state index is 12.1. The summed E-state index contributed by atoms with van der Waals surface area (Å²) in [6, 6.07) is 3.48. The standard InChI is InChI=1S/C14H16N2O3/c1-15-7-3-6-11(15)12(17)8-16-13(18)9-4-2-5-10(9)14(16)19/h3,6-7,9-10H,2,4-5,8H2,1H3. The minimum Gasteiger partial charge on any atom is -0.348 e. The van der Waals surface area contributed by atoms with Gasteiger partial charge in [-0.15, -0.1) is 0 Å². The smallest absolute Gasteiger partial charge is 0.233 e. The monoisotopic (exact) mass is 260 g/mol. The number of carbonyl (C=O) groups excluding carboxylic acids is 3. The minimum absolute atomic E-state index is 0.123. The summed E-state index contributed by atoms with van der Waals surface area (Å²) in [6.07, 6.45) is 4.27. The number of fused-ring (bicyclic) bond motifs is 1. The van der Waals surface area contributed by atoms with Crippen LogP contribution in [0.15, 0.2) is 18.3 Å². The molecule has 1 saturated heterocycles. The highest BCUT2D eigenvalue weighted by atomic mass is 16.2. The van der Waals surface area contributed by atoms with Gasteiger partial charge in [0, 0.05) is 13.2 Å². The lowest BCUT2D eigenvalue weighted by Crippen LogP contribution is -2.36. The first-order valence-corrected chi connectivity index (χ1v) is 6.59. The van der Waals surface area contributed by atoms with E-state index in [1.165, 1.54) is 0 Å². The fourth-order valence-corrected chi connectivity index (χ4v) is 3.19. The quantitative estimate of drug-likeness (QED) is 0.601. The molecule has 1 aliphatic heterocycles. The van der Waals surface area contributed by atoms with Gasteiger partial charge in [-0.2, -0.15) is 0 Å². The number of ketones is 1. The molecule has 1 aromatic rings. The molecule has 2 heterocycles. The van der Waals surface area contributed by atoms with Gasteiger partial charge in [-0.1, -0.05) is 6.42 Å².